The van der Waals surface area contributed by atoms with Crippen molar-refractivity contribution in [2.75, 3.05) is 12.4 Å². The molecule has 0 saturated heterocycles. The zero-order chi connectivity index (χ0) is 18.3. The summed E-state index contributed by atoms with van der Waals surface area (Å²) in [4.78, 5) is 0. The molecule has 0 aromatic heterocycles. The third-order valence-corrected chi connectivity index (χ3v) is 5.95. The van der Waals surface area contributed by atoms with Crippen LogP contribution in [0.3, 0.4) is 0 Å². The van der Waals surface area contributed by atoms with Gasteiger partial charge in [0.15, 0.2) is 11.6 Å². The molecule has 1 aromatic rings. The molecule has 1 aliphatic carbocycles. The second-order valence-corrected chi connectivity index (χ2v) is 8.50. The van der Waals surface area contributed by atoms with Gasteiger partial charge >= 0.3 is 0 Å². The Kier molecular flexibility index (Phi) is 7.44. The number of hydrogen-bond donors (Lipinski definition) is 1. The molecular formula is C19H28FNO3S. The number of sulfonamides is 1. The van der Waals surface area contributed by atoms with Crippen molar-refractivity contribution in [1.29, 1.82) is 0 Å². The lowest BCUT2D eigenvalue weighted by Crippen LogP contribution is -2.29. The van der Waals surface area contributed by atoms with Gasteiger partial charge in [0.1, 0.15) is 0 Å². The van der Waals surface area contributed by atoms with Gasteiger partial charge in [0.25, 0.3) is 0 Å². The Labute approximate surface area is 150 Å². The Morgan fingerprint density at radius 2 is 2.12 bits per heavy atom. The maximum atomic E-state index is 13.9. The first-order valence-electron chi connectivity index (χ1n) is 8.98. The minimum absolute atomic E-state index is 0.0417. The second kappa shape index (κ2) is 9.34. The largest absolute Gasteiger partial charge is 0.490 e. The highest BCUT2D eigenvalue weighted by Crippen LogP contribution is 2.29. The van der Waals surface area contributed by atoms with E-state index in [9.17, 15) is 12.8 Å². The molecule has 1 aliphatic rings. The van der Waals surface area contributed by atoms with E-state index < -0.39 is 21.9 Å². The molecule has 1 atom stereocenters. The van der Waals surface area contributed by atoms with Crippen molar-refractivity contribution in [3.8, 4) is 5.75 Å². The van der Waals surface area contributed by atoms with Crippen LogP contribution in [0, 0.1) is 11.7 Å². The van der Waals surface area contributed by atoms with Gasteiger partial charge in [0.2, 0.25) is 10.0 Å². The van der Waals surface area contributed by atoms with Gasteiger partial charge in [0.05, 0.1) is 12.4 Å². The number of rotatable bonds is 10. The van der Waals surface area contributed by atoms with Crippen molar-refractivity contribution < 1.29 is 17.5 Å². The van der Waals surface area contributed by atoms with Gasteiger partial charge in [-0.25, -0.2) is 17.5 Å². The van der Waals surface area contributed by atoms with Gasteiger partial charge in [-0.3, -0.25) is 0 Å². The number of halogens is 1. The van der Waals surface area contributed by atoms with E-state index in [1.807, 2.05) is 19.1 Å². The van der Waals surface area contributed by atoms with Gasteiger partial charge in [0, 0.05) is 6.04 Å². The summed E-state index contributed by atoms with van der Waals surface area (Å²) in [5.41, 5.74) is 0.692. The number of allylic oxidation sites excluding steroid dienone is 2. The van der Waals surface area contributed by atoms with Crippen molar-refractivity contribution in [1.82, 2.24) is 4.72 Å². The summed E-state index contributed by atoms with van der Waals surface area (Å²) in [5.74, 6) is 0.333. The standard InChI is InChI=1S/C19H28FNO3S/c1-3-4-5-6-12-25(22,23)21-15(2)17-10-11-18(20)19(13-17)24-14-16-8-7-9-16/h4-5,10-11,13,15-16,21H,3,6-9,12,14H2,1-2H3/b5-4+/t15-/m1/s1. The molecule has 6 heteroatoms. The third kappa shape index (κ3) is 6.44. The first kappa shape index (κ1) is 19.9. The minimum atomic E-state index is -3.39. The highest BCUT2D eigenvalue weighted by molar-refractivity contribution is 7.89. The summed E-state index contributed by atoms with van der Waals surface area (Å²) >= 11 is 0. The summed E-state index contributed by atoms with van der Waals surface area (Å²) < 4.78 is 46.4. The SMILES string of the molecule is CC/C=C/CCS(=O)(=O)N[C@H](C)c1ccc(F)c(OCC2CCC2)c1. The van der Waals surface area contributed by atoms with Gasteiger partial charge in [-0.15, -0.1) is 0 Å². The van der Waals surface area contributed by atoms with E-state index in [1.54, 1.807) is 19.1 Å². The van der Waals surface area contributed by atoms with Gasteiger partial charge in [-0.05, 0) is 56.2 Å². The summed E-state index contributed by atoms with van der Waals surface area (Å²) in [7, 11) is -3.39. The normalized spacial score (nSPS) is 16.8. The van der Waals surface area contributed by atoms with Crippen molar-refractivity contribution in [2.24, 2.45) is 5.92 Å². The second-order valence-electron chi connectivity index (χ2n) is 6.62. The molecule has 25 heavy (non-hydrogen) atoms. The summed E-state index contributed by atoms with van der Waals surface area (Å²) in [6.07, 6.45) is 8.66. The number of hydrogen-bond acceptors (Lipinski definition) is 3. The molecule has 1 fully saturated rings. The molecule has 140 valence electrons. The smallest absolute Gasteiger partial charge is 0.212 e. The Hall–Kier alpha value is -1.40. The van der Waals surface area contributed by atoms with Crippen LogP contribution in [0.15, 0.2) is 30.4 Å². The van der Waals surface area contributed by atoms with Crippen LogP contribution in [-0.4, -0.2) is 20.8 Å². The predicted octanol–water partition coefficient (Wildman–Crippen LogP) is 4.34. The molecule has 0 amide bonds. The predicted molar refractivity (Wildman–Crippen MR) is 98.6 cm³/mol. The average Bonchev–Trinajstić information content (AvgIpc) is 2.51. The fourth-order valence-corrected chi connectivity index (χ4v) is 3.91. The van der Waals surface area contributed by atoms with E-state index in [-0.39, 0.29) is 11.5 Å². The van der Waals surface area contributed by atoms with Crippen molar-refractivity contribution in [2.45, 2.75) is 52.0 Å². The van der Waals surface area contributed by atoms with E-state index >= 15 is 0 Å². The fraction of sp³-hybridized carbons (Fsp3) is 0.579. The lowest BCUT2D eigenvalue weighted by atomic mass is 9.86. The average molecular weight is 370 g/mol. The highest BCUT2D eigenvalue weighted by atomic mass is 32.2. The van der Waals surface area contributed by atoms with Crippen LogP contribution >= 0.6 is 0 Å². The molecule has 0 radical (unpaired) electrons. The van der Waals surface area contributed by atoms with E-state index in [0.29, 0.717) is 24.5 Å². The zero-order valence-electron chi connectivity index (χ0n) is 15.0. The van der Waals surface area contributed by atoms with Crippen LogP contribution < -0.4 is 9.46 Å². The molecule has 4 nitrogen and oxygen atoms in total. The van der Waals surface area contributed by atoms with E-state index in [0.717, 1.165) is 19.3 Å². The number of ether oxygens (including phenoxy) is 1. The molecule has 2 rings (SSSR count). The highest BCUT2D eigenvalue weighted by Gasteiger charge is 2.20. The summed E-state index contributed by atoms with van der Waals surface area (Å²) in [5, 5.41) is 0. The monoisotopic (exact) mass is 369 g/mol. The van der Waals surface area contributed by atoms with E-state index in [2.05, 4.69) is 4.72 Å². The lowest BCUT2D eigenvalue weighted by molar-refractivity contribution is 0.175. The quantitative estimate of drug-likeness (QED) is 0.624. The van der Waals surface area contributed by atoms with Crippen LogP contribution in [0.5, 0.6) is 5.75 Å². The maximum absolute atomic E-state index is 13.9. The molecule has 1 saturated carbocycles. The Bertz CT molecular complexity index is 684. The third-order valence-electron chi connectivity index (χ3n) is 4.47. The molecule has 1 aromatic carbocycles. The van der Waals surface area contributed by atoms with Crippen LogP contribution in [0.1, 0.15) is 57.6 Å². The minimum Gasteiger partial charge on any atom is -0.490 e. The summed E-state index contributed by atoms with van der Waals surface area (Å²) in [6.45, 7) is 4.27. The van der Waals surface area contributed by atoms with Crippen LogP contribution in [0.2, 0.25) is 0 Å². The Morgan fingerprint density at radius 3 is 2.76 bits per heavy atom. The first-order valence-corrected chi connectivity index (χ1v) is 10.6. The number of benzene rings is 1. The van der Waals surface area contributed by atoms with E-state index in [1.165, 1.54) is 12.5 Å². The molecule has 1 N–H and O–H groups in total. The van der Waals surface area contributed by atoms with Crippen molar-refractivity contribution in [3.05, 3.63) is 41.7 Å². The van der Waals surface area contributed by atoms with Crippen LogP contribution in [0.25, 0.3) is 0 Å². The maximum Gasteiger partial charge on any atom is 0.212 e. The van der Waals surface area contributed by atoms with Crippen molar-refractivity contribution >= 4 is 10.0 Å². The fourth-order valence-electron chi connectivity index (χ4n) is 2.67. The lowest BCUT2D eigenvalue weighted by Gasteiger charge is -2.25. The number of nitrogens with one attached hydrogen (secondary N) is 1. The van der Waals surface area contributed by atoms with Gasteiger partial charge in [-0.2, -0.15) is 0 Å². The molecule has 0 bridgehead atoms. The van der Waals surface area contributed by atoms with Gasteiger partial charge in [-0.1, -0.05) is 31.6 Å². The first-order chi connectivity index (χ1) is 11.9. The van der Waals surface area contributed by atoms with Gasteiger partial charge < -0.3 is 4.74 Å². The molecule has 0 unspecified atom stereocenters. The molecule has 0 spiro atoms. The Morgan fingerprint density at radius 1 is 1.36 bits per heavy atom. The van der Waals surface area contributed by atoms with Crippen LogP contribution in [-0.2, 0) is 10.0 Å². The van der Waals surface area contributed by atoms with Crippen LogP contribution in [0.4, 0.5) is 4.39 Å². The summed E-state index contributed by atoms with van der Waals surface area (Å²) in [6, 6.07) is 4.08. The zero-order valence-corrected chi connectivity index (χ0v) is 15.8. The molecule has 0 heterocycles. The topological polar surface area (TPSA) is 55.4 Å². The molecule has 0 aliphatic heterocycles. The Balaban J connectivity index is 1.95. The van der Waals surface area contributed by atoms with Crippen molar-refractivity contribution in [3.63, 3.8) is 0 Å². The van der Waals surface area contributed by atoms with E-state index in [4.69, 9.17) is 4.74 Å². The molecular weight excluding hydrogens is 341 g/mol.